The van der Waals surface area contributed by atoms with Crippen LogP contribution in [0.15, 0.2) is 59.8 Å². The van der Waals surface area contributed by atoms with Crippen LogP contribution in [0.5, 0.6) is 5.75 Å². The third-order valence-corrected chi connectivity index (χ3v) is 6.39. The number of aromatic nitrogens is 7. The third-order valence-electron chi connectivity index (χ3n) is 5.71. The van der Waals surface area contributed by atoms with Crippen LogP contribution < -0.4 is 4.74 Å². The van der Waals surface area contributed by atoms with Crippen molar-refractivity contribution in [1.29, 1.82) is 0 Å². The highest BCUT2D eigenvalue weighted by molar-refractivity contribution is 7.08. The molecule has 0 radical (unpaired) electrons. The second-order valence-electron chi connectivity index (χ2n) is 8.41. The topological polar surface area (TPSA) is 108 Å². The second-order valence-corrected chi connectivity index (χ2v) is 9.19. The number of ether oxygens (including phenoxy) is 1. The van der Waals surface area contributed by atoms with Gasteiger partial charge in [0.25, 0.3) is 0 Å². The maximum atomic E-state index is 5.86. The lowest BCUT2D eigenvalue weighted by Crippen LogP contribution is -2.19. The Morgan fingerprint density at radius 1 is 1.00 bits per heavy atom. The zero-order valence-corrected chi connectivity index (χ0v) is 20.0. The number of rotatable bonds is 7. The van der Waals surface area contributed by atoms with Gasteiger partial charge in [-0.2, -0.15) is 16.4 Å². The van der Waals surface area contributed by atoms with Gasteiger partial charge in [-0.3, -0.25) is 10.1 Å². The molecule has 0 saturated carbocycles. The van der Waals surface area contributed by atoms with Gasteiger partial charge in [0.15, 0.2) is 17.1 Å². The molecule has 0 unspecified atom stereocenters. The molecule has 0 fully saturated rings. The van der Waals surface area contributed by atoms with E-state index in [4.69, 9.17) is 9.72 Å². The molecule has 0 atom stereocenters. The molecule has 35 heavy (non-hydrogen) atoms. The maximum absolute atomic E-state index is 5.86. The van der Waals surface area contributed by atoms with Crippen LogP contribution in [0, 0.1) is 0 Å². The molecule has 0 saturated heterocycles. The number of likely N-dealkylation sites (N-methyl/N-ethyl adjacent to an activating group) is 1. The Kier molecular flexibility index (Phi) is 5.44. The lowest BCUT2D eigenvalue weighted by Gasteiger charge is -2.11. The normalized spacial score (nSPS) is 11.6. The van der Waals surface area contributed by atoms with Gasteiger partial charge in [0.05, 0.1) is 11.6 Å². The number of pyridine rings is 3. The highest BCUT2D eigenvalue weighted by atomic mass is 32.1. The highest BCUT2D eigenvalue weighted by Gasteiger charge is 2.17. The van der Waals surface area contributed by atoms with Gasteiger partial charge in [0.1, 0.15) is 23.6 Å². The summed E-state index contributed by atoms with van der Waals surface area (Å²) in [6.45, 7) is 1.42. The van der Waals surface area contributed by atoms with Crippen molar-refractivity contribution in [3.8, 4) is 39.5 Å². The largest absolute Gasteiger partial charge is 0.491 e. The van der Waals surface area contributed by atoms with Crippen LogP contribution in [0.3, 0.4) is 0 Å². The summed E-state index contributed by atoms with van der Waals surface area (Å²) in [7, 11) is 4.03. The SMILES string of the molecule is CN(C)CCOc1cncc(-c2cnc3[nH]nc(-c4nc5c(-c6ccsc6)ccnc5[nH]4)c3c2)c1. The Labute approximate surface area is 204 Å². The number of hydrogen-bond donors (Lipinski definition) is 2. The molecular formula is C25H22N8OS. The van der Waals surface area contributed by atoms with Gasteiger partial charge in [0, 0.05) is 41.8 Å². The number of nitrogens with one attached hydrogen (secondary N) is 2. The van der Waals surface area contributed by atoms with Crippen LogP contribution in [0.2, 0.25) is 0 Å². The van der Waals surface area contributed by atoms with Crippen molar-refractivity contribution in [1.82, 2.24) is 40.0 Å². The van der Waals surface area contributed by atoms with Gasteiger partial charge < -0.3 is 14.6 Å². The lowest BCUT2D eigenvalue weighted by atomic mass is 10.1. The summed E-state index contributed by atoms with van der Waals surface area (Å²) < 4.78 is 5.86. The number of H-pyrrole nitrogens is 2. The van der Waals surface area contributed by atoms with E-state index in [9.17, 15) is 0 Å². The minimum atomic E-state index is 0.592. The molecule has 6 aromatic heterocycles. The Morgan fingerprint density at radius 2 is 1.91 bits per heavy atom. The van der Waals surface area contributed by atoms with E-state index in [0.717, 1.165) is 51.1 Å². The van der Waals surface area contributed by atoms with Crippen molar-refractivity contribution < 1.29 is 4.74 Å². The van der Waals surface area contributed by atoms with E-state index in [1.54, 1.807) is 36.1 Å². The number of fused-ring (bicyclic) bond motifs is 2. The zero-order chi connectivity index (χ0) is 23.8. The van der Waals surface area contributed by atoms with E-state index >= 15 is 0 Å². The van der Waals surface area contributed by atoms with Crippen LogP contribution in [0.25, 0.3) is 56.0 Å². The average Bonchev–Trinajstić information content (AvgIpc) is 3.62. The molecular weight excluding hydrogens is 460 g/mol. The molecule has 0 bridgehead atoms. The minimum Gasteiger partial charge on any atom is -0.491 e. The summed E-state index contributed by atoms with van der Waals surface area (Å²) >= 11 is 1.66. The average molecular weight is 483 g/mol. The molecule has 0 spiro atoms. The highest BCUT2D eigenvalue weighted by Crippen LogP contribution is 2.32. The van der Waals surface area contributed by atoms with Crippen LogP contribution in [-0.4, -0.2) is 67.3 Å². The molecule has 0 amide bonds. The second kappa shape index (κ2) is 8.90. The summed E-state index contributed by atoms with van der Waals surface area (Å²) in [5.41, 5.74) is 6.89. The van der Waals surface area contributed by atoms with E-state index in [0.29, 0.717) is 23.8 Å². The quantitative estimate of drug-likeness (QED) is 0.342. The zero-order valence-electron chi connectivity index (χ0n) is 19.2. The van der Waals surface area contributed by atoms with E-state index in [1.165, 1.54) is 0 Å². The van der Waals surface area contributed by atoms with Crippen LogP contribution >= 0.6 is 11.3 Å². The van der Waals surface area contributed by atoms with Gasteiger partial charge in [-0.25, -0.2) is 15.0 Å². The summed E-state index contributed by atoms with van der Waals surface area (Å²) in [4.78, 5) is 23.7. The summed E-state index contributed by atoms with van der Waals surface area (Å²) in [5.74, 6) is 1.36. The van der Waals surface area contributed by atoms with Gasteiger partial charge in [0.2, 0.25) is 0 Å². The molecule has 174 valence electrons. The van der Waals surface area contributed by atoms with Crippen molar-refractivity contribution in [2.24, 2.45) is 0 Å². The molecule has 6 heterocycles. The first-order valence-corrected chi connectivity index (χ1v) is 12.0. The molecule has 9 nitrogen and oxygen atoms in total. The smallest absolute Gasteiger partial charge is 0.161 e. The van der Waals surface area contributed by atoms with Crippen LogP contribution in [-0.2, 0) is 0 Å². The first kappa shape index (κ1) is 21.4. The molecule has 2 N–H and O–H groups in total. The first-order valence-electron chi connectivity index (χ1n) is 11.1. The minimum absolute atomic E-state index is 0.592. The first-order chi connectivity index (χ1) is 17.2. The molecule has 10 heteroatoms. The van der Waals surface area contributed by atoms with Crippen LogP contribution in [0.1, 0.15) is 0 Å². The van der Waals surface area contributed by atoms with Gasteiger partial charge in [-0.05, 0) is 54.7 Å². The molecule has 6 aromatic rings. The Balaban J connectivity index is 1.38. The number of aromatic amines is 2. The predicted molar refractivity (Wildman–Crippen MR) is 137 cm³/mol. The predicted octanol–water partition coefficient (Wildman–Crippen LogP) is 4.63. The Bertz CT molecular complexity index is 1620. The van der Waals surface area contributed by atoms with Gasteiger partial charge in [-0.1, -0.05) is 0 Å². The van der Waals surface area contributed by atoms with Crippen LogP contribution in [0.4, 0.5) is 0 Å². The van der Waals surface area contributed by atoms with E-state index < -0.39 is 0 Å². The number of imidazole rings is 1. The number of thiophene rings is 1. The summed E-state index contributed by atoms with van der Waals surface area (Å²) in [6, 6.07) is 8.09. The number of nitrogens with zero attached hydrogens (tertiary/aromatic N) is 6. The standard InChI is InChI=1S/C25H22N8OS/c1-33(2)6-7-34-18-9-16(11-26-13-18)17-10-20-22(31-32-23(20)28-12-17)25-29-21-19(15-4-8-35-14-15)3-5-27-24(21)30-25/h3-5,8-14H,6-7H2,1-2H3,(H,27,29,30)(H,28,31,32). The lowest BCUT2D eigenvalue weighted by molar-refractivity contribution is 0.261. The van der Waals surface area contributed by atoms with Crippen molar-refractivity contribution in [2.75, 3.05) is 27.2 Å². The summed E-state index contributed by atoms with van der Waals surface area (Å²) in [6.07, 6.45) is 7.13. The molecule has 0 aromatic carbocycles. The maximum Gasteiger partial charge on any atom is 0.161 e. The number of hydrogen-bond acceptors (Lipinski definition) is 8. The summed E-state index contributed by atoms with van der Waals surface area (Å²) in [5, 5.41) is 12.5. The van der Waals surface area contributed by atoms with E-state index in [2.05, 4.69) is 51.9 Å². The molecule has 0 aliphatic carbocycles. The van der Waals surface area contributed by atoms with E-state index in [-0.39, 0.29) is 0 Å². The van der Waals surface area contributed by atoms with Gasteiger partial charge in [-0.15, -0.1) is 0 Å². The monoisotopic (exact) mass is 482 g/mol. The fourth-order valence-corrected chi connectivity index (χ4v) is 4.57. The Hall–Kier alpha value is -4.15. The fraction of sp³-hybridized carbons (Fsp3) is 0.160. The van der Waals surface area contributed by atoms with Crippen molar-refractivity contribution in [3.05, 3.63) is 59.8 Å². The Morgan fingerprint density at radius 3 is 2.77 bits per heavy atom. The fourth-order valence-electron chi connectivity index (χ4n) is 3.92. The van der Waals surface area contributed by atoms with Crippen molar-refractivity contribution in [3.63, 3.8) is 0 Å². The van der Waals surface area contributed by atoms with Crippen molar-refractivity contribution >= 4 is 33.5 Å². The molecule has 6 rings (SSSR count). The van der Waals surface area contributed by atoms with E-state index in [1.807, 2.05) is 32.3 Å². The third kappa shape index (κ3) is 4.13. The van der Waals surface area contributed by atoms with Crippen molar-refractivity contribution in [2.45, 2.75) is 0 Å². The van der Waals surface area contributed by atoms with Gasteiger partial charge >= 0.3 is 0 Å². The molecule has 0 aliphatic rings. The molecule has 0 aliphatic heterocycles.